The van der Waals surface area contributed by atoms with Crippen LogP contribution in [0.5, 0.6) is 11.5 Å². The highest BCUT2D eigenvalue weighted by atomic mass is 16.5. The number of carbonyl (C=O) groups is 2. The SMILES string of the molecule is O=C(CC1CNCCO1)N1CCC2(CC1)Cc1cccc(c1)Oc1cccc(c1)CCNC2=O. The summed E-state index contributed by atoms with van der Waals surface area (Å²) in [5, 5.41) is 6.48. The third-order valence-electron chi connectivity index (χ3n) is 7.24. The van der Waals surface area contributed by atoms with Crippen molar-refractivity contribution in [1.29, 1.82) is 0 Å². The van der Waals surface area contributed by atoms with Crippen LogP contribution in [0.1, 0.15) is 30.4 Å². The normalized spacial score (nSPS) is 22.5. The molecule has 1 unspecified atom stereocenters. The first-order valence-electron chi connectivity index (χ1n) is 12.3. The molecule has 3 heterocycles. The van der Waals surface area contributed by atoms with E-state index in [0.717, 1.165) is 35.6 Å². The van der Waals surface area contributed by atoms with Crippen molar-refractivity contribution in [3.63, 3.8) is 0 Å². The average Bonchev–Trinajstić information content (AvgIpc) is 2.85. The minimum atomic E-state index is -0.537. The van der Waals surface area contributed by atoms with Gasteiger partial charge in [0, 0.05) is 32.7 Å². The number of carbonyl (C=O) groups excluding carboxylic acids is 2. The Morgan fingerprint density at radius 1 is 1.03 bits per heavy atom. The lowest BCUT2D eigenvalue weighted by atomic mass is 9.72. The van der Waals surface area contributed by atoms with Gasteiger partial charge in [0.25, 0.3) is 0 Å². The molecule has 7 heteroatoms. The Balaban J connectivity index is 1.32. The summed E-state index contributed by atoms with van der Waals surface area (Å²) in [4.78, 5) is 28.3. The molecule has 1 atom stereocenters. The molecule has 2 fully saturated rings. The van der Waals surface area contributed by atoms with Gasteiger partial charge in [-0.05, 0) is 61.1 Å². The highest BCUT2D eigenvalue weighted by Gasteiger charge is 2.42. The molecule has 3 aliphatic rings. The third kappa shape index (κ3) is 5.26. The van der Waals surface area contributed by atoms with Crippen LogP contribution in [0.4, 0.5) is 0 Å². The van der Waals surface area contributed by atoms with Crippen LogP contribution in [0.3, 0.4) is 0 Å². The van der Waals surface area contributed by atoms with E-state index in [9.17, 15) is 9.59 Å². The Morgan fingerprint density at radius 3 is 2.50 bits per heavy atom. The van der Waals surface area contributed by atoms with Gasteiger partial charge in [0.2, 0.25) is 11.8 Å². The lowest BCUT2D eigenvalue weighted by Gasteiger charge is -2.41. The van der Waals surface area contributed by atoms with E-state index >= 15 is 0 Å². The maximum atomic E-state index is 13.5. The first-order chi connectivity index (χ1) is 16.6. The number of rotatable bonds is 2. The van der Waals surface area contributed by atoms with E-state index in [2.05, 4.69) is 22.8 Å². The van der Waals surface area contributed by atoms with Crippen LogP contribution in [0.25, 0.3) is 0 Å². The van der Waals surface area contributed by atoms with Crippen molar-refractivity contribution in [2.45, 2.75) is 38.2 Å². The van der Waals surface area contributed by atoms with Gasteiger partial charge in [-0.25, -0.2) is 0 Å². The molecule has 2 aromatic rings. The Labute approximate surface area is 200 Å². The number of amides is 2. The molecule has 5 rings (SSSR count). The first kappa shape index (κ1) is 22.9. The molecular weight excluding hydrogens is 430 g/mol. The monoisotopic (exact) mass is 463 g/mol. The number of morpholine rings is 1. The topological polar surface area (TPSA) is 79.9 Å². The number of hydrogen-bond donors (Lipinski definition) is 2. The van der Waals surface area contributed by atoms with Crippen LogP contribution in [0.15, 0.2) is 48.5 Å². The van der Waals surface area contributed by atoms with Gasteiger partial charge in [-0.15, -0.1) is 0 Å². The molecule has 1 spiro atoms. The second-order valence-electron chi connectivity index (χ2n) is 9.64. The van der Waals surface area contributed by atoms with Gasteiger partial charge >= 0.3 is 0 Å². The molecule has 0 radical (unpaired) electrons. The fourth-order valence-corrected chi connectivity index (χ4v) is 5.26. The van der Waals surface area contributed by atoms with Crippen molar-refractivity contribution in [2.75, 3.05) is 39.3 Å². The van der Waals surface area contributed by atoms with Crippen LogP contribution in [0.2, 0.25) is 0 Å². The fraction of sp³-hybridized carbons (Fsp3) is 0.481. The highest BCUT2D eigenvalue weighted by Crippen LogP contribution is 2.37. The Morgan fingerprint density at radius 2 is 1.76 bits per heavy atom. The van der Waals surface area contributed by atoms with Crippen LogP contribution in [0, 0.1) is 5.41 Å². The second kappa shape index (κ2) is 10.2. The zero-order valence-electron chi connectivity index (χ0n) is 19.6. The molecule has 2 N–H and O–H groups in total. The van der Waals surface area contributed by atoms with E-state index in [1.165, 1.54) is 0 Å². The summed E-state index contributed by atoms with van der Waals surface area (Å²) in [5.74, 6) is 1.78. The second-order valence-corrected chi connectivity index (χ2v) is 9.64. The standard InChI is InChI=1S/C27H33N3O4/c31-25(17-24-19-28-11-14-33-24)30-12-8-27(9-13-30)18-21-4-2-6-23(16-21)34-22-5-1-3-20(15-22)7-10-29-26(27)32/h1-6,15-16,24,28H,7-14,17-19H2,(H,29,32). The summed E-state index contributed by atoms with van der Waals surface area (Å²) in [6.07, 6.45) is 3.00. The van der Waals surface area contributed by atoms with Crippen molar-refractivity contribution in [3.05, 3.63) is 59.7 Å². The summed E-state index contributed by atoms with van der Waals surface area (Å²) in [6.45, 7) is 3.95. The van der Waals surface area contributed by atoms with Gasteiger partial charge in [0.05, 0.1) is 24.5 Å². The van der Waals surface area contributed by atoms with E-state index < -0.39 is 5.41 Å². The van der Waals surface area contributed by atoms with Gasteiger partial charge in [-0.2, -0.15) is 0 Å². The number of hydrogen-bond acceptors (Lipinski definition) is 5. The predicted molar refractivity (Wildman–Crippen MR) is 129 cm³/mol. The molecule has 180 valence electrons. The van der Waals surface area contributed by atoms with Crippen molar-refractivity contribution < 1.29 is 19.1 Å². The van der Waals surface area contributed by atoms with Crippen molar-refractivity contribution in [1.82, 2.24) is 15.5 Å². The molecule has 0 saturated carbocycles. The molecule has 0 aliphatic carbocycles. The van der Waals surface area contributed by atoms with Gasteiger partial charge in [0.1, 0.15) is 11.5 Å². The minimum Gasteiger partial charge on any atom is -0.457 e. The predicted octanol–water partition coefficient (Wildman–Crippen LogP) is 2.68. The Bertz CT molecular complexity index is 1030. The molecule has 2 aromatic carbocycles. The quantitative estimate of drug-likeness (QED) is 0.716. The molecule has 34 heavy (non-hydrogen) atoms. The first-order valence-corrected chi connectivity index (χ1v) is 12.3. The summed E-state index contributed by atoms with van der Waals surface area (Å²) in [7, 11) is 0. The number of fused-ring (bicyclic) bond motifs is 4. The van der Waals surface area contributed by atoms with E-state index in [1.54, 1.807) is 0 Å². The van der Waals surface area contributed by atoms with Crippen molar-refractivity contribution in [3.8, 4) is 11.5 Å². The van der Waals surface area contributed by atoms with Crippen LogP contribution < -0.4 is 15.4 Å². The molecule has 2 amide bonds. The maximum Gasteiger partial charge on any atom is 0.226 e. The van der Waals surface area contributed by atoms with Gasteiger partial charge in [-0.1, -0.05) is 24.3 Å². The van der Waals surface area contributed by atoms with E-state index in [4.69, 9.17) is 9.47 Å². The highest BCUT2D eigenvalue weighted by molar-refractivity contribution is 5.84. The third-order valence-corrected chi connectivity index (χ3v) is 7.24. The number of benzene rings is 2. The smallest absolute Gasteiger partial charge is 0.226 e. The molecule has 7 nitrogen and oxygen atoms in total. The molecule has 0 aromatic heterocycles. The minimum absolute atomic E-state index is 0.0636. The van der Waals surface area contributed by atoms with Gasteiger partial charge < -0.3 is 25.0 Å². The number of likely N-dealkylation sites (tertiary alicyclic amines) is 1. The van der Waals surface area contributed by atoms with Crippen molar-refractivity contribution in [2.24, 2.45) is 5.41 Å². The van der Waals surface area contributed by atoms with Crippen LogP contribution in [-0.4, -0.2) is 62.1 Å². The average molecular weight is 464 g/mol. The summed E-state index contributed by atoms with van der Waals surface area (Å²) in [6, 6.07) is 16.0. The summed E-state index contributed by atoms with van der Waals surface area (Å²) < 4.78 is 11.8. The maximum absolute atomic E-state index is 13.5. The number of nitrogens with one attached hydrogen (secondary N) is 2. The molecule has 4 bridgehead atoms. The van der Waals surface area contributed by atoms with Crippen LogP contribution >= 0.6 is 0 Å². The molecular formula is C27H33N3O4. The van der Waals surface area contributed by atoms with E-state index in [-0.39, 0.29) is 17.9 Å². The molecule has 3 aliphatic heterocycles. The zero-order valence-corrected chi connectivity index (χ0v) is 19.6. The zero-order chi connectivity index (χ0) is 23.4. The van der Waals surface area contributed by atoms with Crippen LogP contribution in [-0.2, 0) is 27.2 Å². The number of nitrogens with zero attached hydrogens (tertiary/aromatic N) is 1. The lowest BCUT2D eigenvalue weighted by Crippen LogP contribution is -2.52. The van der Waals surface area contributed by atoms with Gasteiger partial charge in [-0.3, -0.25) is 9.59 Å². The Hall–Kier alpha value is -2.90. The lowest BCUT2D eigenvalue weighted by molar-refractivity contribution is -0.142. The summed E-state index contributed by atoms with van der Waals surface area (Å²) in [5.41, 5.74) is 1.66. The Kier molecular flexibility index (Phi) is 6.83. The van der Waals surface area contributed by atoms with Gasteiger partial charge in [0.15, 0.2) is 0 Å². The molecule has 2 saturated heterocycles. The number of ether oxygens (including phenoxy) is 2. The van der Waals surface area contributed by atoms with E-state index in [0.29, 0.717) is 58.5 Å². The van der Waals surface area contributed by atoms with E-state index in [1.807, 2.05) is 41.3 Å². The number of piperidine rings is 1. The fourth-order valence-electron chi connectivity index (χ4n) is 5.26. The largest absolute Gasteiger partial charge is 0.457 e. The summed E-state index contributed by atoms with van der Waals surface area (Å²) >= 11 is 0. The van der Waals surface area contributed by atoms with Crippen molar-refractivity contribution >= 4 is 11.8 Å².